The third-order valence-corrected chi connectivity index (χ3v) is 4.41. The maximum absolute atomic E-state index is 11.5. The smallest absolute Gasteiger partial charge is 0.320 e. The van der Waals surface area contributed by atoms with E-state index in [4.69, 9.17) is 4.74 Å². The van der Waals surface area contributed by atoms with Crippen molar-refractivity contribution in [1.29, 1.82) is 0 Å². The van der Waals surface area contributed by atoms with E-state index in [0.717, 1.165) is 12.8 Å². The number of rotatable bonds is 7. The molecular formula is C19H18N2O4S. The summed E-state index contributed by atoms with van der Waals surface area (Å²) < 4.78 is 5.71. The van der Waals surface area contributed by atoms with Crippen LogP contribution in [-0.2, 0) is 6.42 Å². The van der Waals surface area contributed by atoms with E-state index in [0.29, 0.717) is 17.3 Å². The zero-order valence-corrected chi connectivity index (χ0v) is 14.8. The van der Waals surface area contributed by atoms with Gasteiger partial charge in [-0.25, -0.2) is 0 Å². The molecule has 134 valence electrons. The minimum absolute atomic E-state index is 0.147. The molecule has 6 nitrogen and oxygen atoms in total. The van der Waals surface area contributed by atoms with Crippen LogP contribution < -0.4 is 10.3 Å². The minimum Gasteiger partial charge on any atom is -0.473 e. The number of H-pyrrole nitrogens is 1. The van der Waals surface area contributed by atoms with Crippen LogP contribution in [0.4, 0.5) is 5.69 Å². The Morgan fingerprint density at radius 1 is 1.12 bits per heavy atom. The number of aromatic nitrogens is 1. The Hall–Kier alpha value is -2.80. The van der Waals surface area contributed by atoms with Crippen LogP contribution in [0, 0.1) is 10.1 Å². The molecule has 1 aromatic heterocycles. The second-order valence-electron chi connectivity index (χ2n) is 5.90. The Morgan fingerprint density at radius 3 is 2.62 bits per heavy atom. The molecular weight excluding hydrogens is 352 g/mol. The number of nitro groups is 1. The standard InChI is InChI=1S/C19H18N2O4S/c22-17-12-9-14-15(20-17)10-11-16(19(14)21(23)24)25-18(26)8-4-7-13-5-2-1-3-6-13/h1-3,5-6,9-12,18,26H,4,7-8H2,(H,20,22). The Kier molecular flexibility index (Phi) is 5.58. The van der Waals surface area contributed by atoms with E-state index in [1.54, 1.807) is 6.07 Å². The lowest BCUT2D eigenvalue weighted by molar-refractivity contribution is -0.384. The van der Waals surface area contributed by atoms with Crippen molar-refractivity contribution in [2.45, 2.75) is 24.7 Å². The number of ether oxygens (including phenoxy) is 1. The van der Waals surface area contributed by atoms with Crippen molar-refractivity contribution >= 4 is 29.2 Å². The van der Waals surface area contributed by atoms with Gasteiger partial charge in [-0.1, -0.05) is 30.3 Å². The summed E-state index contributed by atoms with van der Waals surface area (Å²) in [5, 5.41) is 11.8. The number of aromatic amines is 1. The van der Waals surface area contributed by atoms with Crippen LogP contribution >= 0.6 is 12.6 Å². The lowest BCUT2D eigenvalue weighted by Gasteiger charge is -2.14. The van der Waals surface area contributed by atoms with Gasteiger partial charge in [0.15, 0.2) is 5.75 Å². The number of benzene rings is 2. The van der Waals surface area contributed by atoms with Crippen LogP contribution in [0.3, 0.4) is 0 Å². The Morgan fingerprint density at radius 2 is 1.88 bits per heavy atom. The normalized spacial score (nSPS) is 12.0. The molecule has 0 amide bonds. The van der Waals surface area contributed by atoms with Gasteiger partial charge < -0.3 is 9.72 Å². The summed E-state index contributed by atoms with van der Waals surface area (Å²) >= 11 is 4.41. The van der Waals surface area contributed by atoms with Gasteiger partial charge in [0.2, 0.25) is 5.56 Å². The molecule has 0 radical (unpaired) electrons. The lowest BCUT2D eigenvalue weighted by atomic mass is 10.1. The Labute approximate surface area is 155 Å². The number of aryl methyl sites for hydroxylation is 1. The second-order valence-corrected chi connectivity index (χ2v) is 6.48. The van der Waals surface area contributed by atoms with Crippen molar-refractivity contribution in [3.05, 3.63) is 80.6 Å². The van der Waals surface area contributed by atoms with Crippen LogP contribution in [-0.4, -0.2) is 15.3 Å². The number of hydrogen-bond donors (Lipinski definition) is 2. The molecule has 1 N–H and O–H groups in total. The van der Waals surface area contributed by atoms with Gasteiger partial charge in [-0.3, -0.25) is 14.9 Å². The fraction of sp³-hybridized carbons (Fsp3) is 0.211. The number of nitro benzene ring substituents is 1. The van der Waals surface area contributed by atoms with Crippen LogP contribution in [0.15, 0.2) is 59.4 Å². The molecule has 0 aliphatic carbocycles. The topological polar surface area (TPSA) is 85.2 Å². The zero-order valence-electron chi connectivity index (χ0n) is 13.9. The van der Waals surface area contributed by atoms with Crippen LogP contribution in [0.25, 0.3) is 10.9 Å². The van der Waals surface area contributed by atoms with Gasteiger partial charge in [-0.2, -0.15) is 0 Å². The fourth-order valence-corrected chi connectivity index (χ4v) is 3.11. The highest BCUT2D eigenvalue weighted by Gasteiger charge is 2.22. The molecule has 3 aromatic rings. The van der Waals surface area contributed by atoms with Crippen molar-refractivity contribution in [1.82, 2.24) is 4.98 Å². The number of hydrogen-bond acceptors (Lipinski definition) is 5. The molecule has 1 heterocycles. The molecule has 0 fully saturated rings. The maximum Gasteiger partial charge on any atom is 0.320 e. The highest BCUT2D eigenvalue weighted by atomic mass is 32.1. The van der Waals surface area contributed by atoms with E-state index in [1.165, 1.54) is 23.8 Å². The van der Waals surface area contributed by atoms with Gasteiger partial charge in [0.25, 0.3) is 0 Å². The average Bonchev–Trinajstić information content (AvgIpc) is 2.62. The zero-order chi connectivity index (χ0) is 18.5. The van der Waals surface area contributed by atoms with Gasteiger partial charge in [0.05, 0.1) is 15.8 Å². The summed E-state index contributed by atoms with van der Waals surface area (Å²) in [6, 6.07) is 15.9. The number of pyridine rings is 1. The van der Waals surface area contributed by atoms with Crippen LogP contribution in [0.1, 0.15) is 18.4 Å². The summed E-state index contributed by atoms with van der Waals surface area (Å²) in [6.45, 7) is 0. The van der Waals surface area contributed by atoms with Crippen molar-refractivity contribution in [2.24, 2.45) is 0 Å². The predicted octanol–water partition coefficient (Wildman–Crippen LogP) is 4.09. The van der Waals surface area contributed by atoms with Crippen molar-refractivity contribution in [2.75, 3.05) is 0 Å². The third-order valence-electron chi connectivity index (χ3n) is 4.04. The molecule has 0 spiro atoms. The molecule has 0 aliphatic rings. The van der Waals surface area contributed by atoms with E-state index in [-0.39, 0.29) is 17.0 Å². The lowest BCUT2D eigenvalue weighted by Crippen LogP contribution is -2.11. The molecule has 2 aromatic carbocycles. The summed E-state index contributed by atoms with van der Waals surface area (Å²) in [5.74, 6) is 0.147. The minimum atomic E-state index is -0.500. The summed E-state index contributed by atoms with van der Waals surface area (Å²) in [5.41, 5.74) is 0.692. The van der Waals surface area contributed by atoms with Gasteiger partial charge >= 0.3 is 5.69 Å². The number of fused-ring (bicyclic) bond motifs is 1. The van der Waals surface area contributed by atoms with E-state index in [2.05, 4.69) is 29.7 Å². The Balaban J connectivity index is 1.73. The Bertz CT molecular complexity index is 972. The van der Waals surface area contributed by atoms with E-state index >= 15 is 0 Å². The number of thiol groups is 1. The second kappa shape index (κ2) is 8.05. The summed E-state index contributed by atoms with van der Waals surface area (Å²) in [6.07, 6.45) is 2.40. The highest BCUT2D eigenvalue weighted by Crippen LogP contribution is 2.35. The monoisotopic (exact) mass is 370 g/mol. The molecule has 3 rings (SSSR count). The first-order valence-electron chi connectivity index (χ1n) is 8.23. The van der Waals surface area contributed by atoms with Gasteiger partial charge in [0.1, 0.15) is 5.44 Å². The van der Waals surface area contributed by atoms with Gasteiger partial charge in [0, 0.05) is 6.07 Å². The molecule has 0 bridgehead atoms. The van der Waals surface area contributed by atoms with Crippen molar-refractivity contribution in [3.8, 4) is 5.75 Å². The fourth-order valence-electron chi connectivity index (χ4n) is 2.81. The van der Waals surface area contributed by atoms with Crippen LogP contribution in [0.2, 0.25) is 0 Å². The number of nitrogens with one attached hydrogen (secondary N) is 1. The quantitative estimate of drug-likeness (QED) is 0.284. The van der Waals surface area contributed by atoms with Gasteiger partial charge in [-0.05, 0) is 43.0 Å². The first-order valence-corrected chi connectivity index (χ1v) is 8.75. The predicted molar refractivity (Wildman–Crippen MR) is 104 cm³/mol. The molecule has 0 saturated heterocycles. The molecule has 26 heavy (non-hydrogen) atoms. The van der Waals surface area contributed by atoms with Crippen molar-refractivity contribution < 1.29 is 9.66 Å². The average molecular weight is 370 g/mol. The summed E-state index contributed by atoms with van der Waals surface area (Å²) in [7, 11) is 0. The SMILES string of the molecule is O=c1ccc2c([N+](=O)[O-])c(OC(S)CCCc3ccccc3)ccc2[nH]1. The molecule has 1 unspecified atom stereocenters. The van der Waals surface area contributed by atoms with E-state index in [1.807, 2.05) is 18.2 Å². The molecule has 0 saturated carbocycles. The molecule has 7 heteroatoms. The maximum atomic E-state index is 11.5. The van der Waals surface area contributed by atoms with Crippen molar-refractivity contribution in [3.63, 3.8) is 0 Å². The molecule has 0 aliphatic heterocycles. The largest absolute Gasteiger partial charge is 0.473 e. The summed E-state index contributed by atoms with van der Waals surface area (Å²) in [4.78, 5) is 25.0. The van der Waals surface area contributed by atoms with Gasteiger partial charge in [-0.15, -0.1) is 12.6 Å². The van der Waals surface area contributed by atoms with E-state index < -0.39 is 10.4 Å². The third kappa shape index (κ3) is 4.23. The molecule has 1 atom stereocenters. The first kappa shape index (κ1) is 18.0. The number of nitrogens with zero attached hydrogens (tertiary/aromatic N) is 1. The van der Waals surface area contributed by atoms with E-state index in [9.17, 15) is 14.9 Å². The van der Waals surface area contributed by atoms with Crippen LogP contribution in [0.5, 0.6) is 5.75 Å². The highest BCUT2D eigenvalue weighted by molar-refractivity contribution is 7.80. The first-order chi connectivity index (χ1) is 12.5.